The number of anilines is 1. The van der Waals surface area contributed by atoms with Crippen LogP contribution in [0.5, 0.6) is 0 Å². The van der Waals surface area contributed by atoms with Gasteiger partial charge >= 0.3 is 0 Å². The van der Waals surface area contributed by atoms with Gasteiger partial charge in [-0.15, -0.1) is 15.3 Å². The molecular formula is C17H19ClN6O. The number of halogens is 1. The van der Waals surface area contributed by atoms with Crippen molar-refractivity contribution in [2.75, 3.05) is 18.4 Å². The summed E-state index contributed by atoms with van der Waals surface area (Å²) in [6, 6.07) is 10.6. The number of nitrogens with one attached hydrogen (secondary N) is 2. The highest BCUT2D eigenvalue weighted by Gasteiger charge is 2.09. The van der Waals surface area contributed by atoms with Crippen molar-refractivity contribution < 1.29 is 4.79 Å². The van der Waals surface area contributed by atoms with E-state index >= 15 is 0 Å². The number of carbonyl (C=O) groups excluding carboxylic acids is 1. The van der Waals surface area contributed by atoms with Crippen molar-refractivity contribution in [3.63, 3.8) is 0 Å². The van der Waals surface area contributed by atoms with Gasteiger partial charge < -0.3 is 10.6 Å². The minimum absolute atomic E-state index is 0.172. The molecule has 0 saturated carbocycles. The van der Waals surface area contributed by atoms with Crippen molar-refractivity contribution in [2.24, 2.45) is 0 Å². The van der Waals surface area contributed by atoms with Crippen LogP contribution in [0.1, 0.15) is 29.5 Å². The second-order valence-corrected chi connectivity index (χ2v) is 5.98. The minimum atomic E-state index is -0.172. The highest BCUT2D eigenvalue weighted by atomic mass is 35.5. The molecule has 2 aromatic heterocycles. The first kappa shape index (κ1) is 17.2. The molecule has 7 nitrogen and oxygen atoms in total. The zero-order chi connectivity index (χ0) is 17.6. The molecule has 0 atom stereocenters. The highest BCUT2D eigenvalue weighted by molar-refractivity contribution is 6.30. The number of carbonyl (C=O) groups is 1. The van der Waals surface area contributed by atoms with E-state index in [1.54, 1.807) is 28.8 Å². The van der Waals surface area contributed by atoms with Crippen LogP contribution < -0.4 is 10.6 Å². The highest BCUT2D eigenvalue weighted by Crippen LogP contribution is 2.11. The Labute approximate surface area is 150 Å². The molecule has 3 rings (SSSR count). The van der Waals surface area contributed by atoms with Gasteiger partial charge in [-0.3, -0.25) is 4.79 Å². The maximum absolute atomic E-state index is 12.1. The number of rotatable bonds is 7. The fourth-order valence-corrected chi connectivity index (χ4v) is 2.55. The zero-order valence-corrected chi connectivity index (χ0v) is 14.6. The Morgan fingerprint density at radius 1 is 1.20 bits per heavy atom. The van der Waals surface area contributed by atoms with E-state index < -0.39 is 0 Å². The van der Waals surface area contributed by atoms with Gasteiger partial charge in [0.1, 0.15) is 5.82 Å². The maximum atomic E-state index is 12.1. The summed E-state index contributed by atoms with van der Waals surface area (Å²) >= 11 is 5.90. The molecule has 2 heterocycles. The number of hydrogen-bond donors (Lipinski definition) is 2. The summed E-state index contributed by atoms with van der Waals surface area (Å²) in [5, 5.41) is 19.4. The fraction of sp³-hybridized carbons (Fsp3) is 0.294. The SMILES string of the molecule is CCCNc1ccc2nnc(CCNC(=O)c3cccc(Cl)c3)n2n1. The van der Waals surface area contributed by atoms with Crippen LogP contribution in [0.25, 0.3) is 5.65 Å². The fourth-order valence-electron chi connectivity index (χ4n) is 2.36. The summed E-state index contributed by atoms with van der Waals surface area (Å²) in [5.41, 5.74) is 1.21. The molecule has 1 amide bonds. The van der Waals surface area contributed by atoms with Crippen molar-refractivity contribution >= 4 is 29.0 Å². The predicted molar refractivity (Wildman–Crippen MR) is 97.1 cm³/mol. The van der Waals surface area contributed by atoms with Gasteiger partial charge in [0, 0.05) is 30.1 Å². The summed E-state index contributed by atoms with van der Waals surface area (Å²) in [6.45, 7) is 3.38. The summed E-state index contributed by atoms with van der Waals surface area (Å²) in [6.07, 6.45) is 1.54. The topological polar surface area (TPSA) is 84.2 Å². The van der Waals surface area contributed by atoms with Crippen LogP contribution in [0.3, 0.4) is 0 Å². The summed E-state index contributed by atoms with van der Waals surface area (Å²) < 4.78 is 1.70. The van der Waals surface area contributed by atoms with Gasteiger partial charge in [0.25, 0.3) is 5.91 Å². The smallest absolute Gasteiger partial charge is 0.251 e. The van der Waals surface area contributed by atoms with Crippen molar-refractivity contribution in [2.45, 2.75) is 19.8 Å². The van der Waals surface area contributed by atoms with Gasteiger partial charge in [-0.05, 0) is 36.8 Å². The van der Waals surface area contributed by atoms with Crippen LogP contribution in [0, 0.1) is 0 Å². The van der Waals surface area contributed by atoms with Crippen LogP contribution in [-0.2, 0) is 6.42 Å². The van der Waals surface area contributed by atoms with Crippen LogP contribution in [0.4, 0.5) is 5.82 Å². The quantitative estimate of drug-likeness (QED) is 0.678. The molecule has 0 fully saturated rings. The Balaban J connectivity index is 1.63. The molecule has 0 saturated heterocycles. The first-order chi connectivity index (χ1) is 12.2. The number of fused-ring (bicyclic) bond motifs is 1. The van der Waals surface area contributed by atoms with Gasteiger partial charge in [-0.25, -0.2) is 0 Å². The lowest BCUT2D eigenvalue weighted by Crippen LogP contribution is -2.26. The molecule has 2 N–H and O–H groups in total. The Bertz CT molecular complexity index is 878. The van der Waals surface area contributed by atoms with E-state index in [1.165, 1.54) is 0 Å². The third-order valence-corrected chi connectivity index (χ3v) is 3.84. The Hall–Kier alpha value is -2.67. The molecule has 8 heteroatoms. The van der Waals surface area contributed by atoms with Gasteiger partial charge in [-0.1, -0.05) is 24.6 Å². The van der Waals surface area contributed by atoms with Crippen molar-refractivity contribution in [3.8, 4) is 0 Å². The Kier molecular flexibility index (Phi) is 5.45. The van der Waals surface area contributed by atoms with E-state index in [2.05, 4.69) is 32.9 Å². The third kappa shape index (κ3) is 4.24. The number of benzene rings is 1. The monoisotopic (exact) mass is 358 g/mol. The van der Waals surface area contributed by atoms with E-state index in [-0.39, 0.29) is 5.91 Å². The molecule has 0 aliphatic carbocycles. The van der Waals surface area contributed by atoms with Gasteiger partial charge in [-0.2, -0.15) is 4.52 Å². The predicted octanol–water partition coefficient (Wildman–Crippen LogP) is 2.57. The molecule has 0 radical (unpaired) electrons. The average molecular weight is 359 g/mol. The van der Waals surface area contributed by atoms with E-state index in [0.717, 1.165) is 18.8 Å². The lowest BCUT2D eigenvalue weighted by atomic mass is 10.2. The van der Waals surface area contributed by atoms with Crippen molar-refractivity contribution in [3.05, 3.63) is 52.8 Å². The molecule has 3 aromatic rings. The van der Waals surface area contributed by atoms with E-state index in [0.29, 0.717) is 35.0 Å². The first-order valence-corrected chi connectivity index (χ1v) is 8.54. The second kappa shape index (κ2) is 7.94. The number of nitrogens with zero attached hydrogens (tertiary/aromatic N) is 4. The van der Waals surface area contributed by atoms with E-state index in [9.17, 15) is 4.79 Å². The number of aromatic nitrogens is 4. The van der Waals surface area contributed by atoms with Crippen LogP contribution in [0.2, 0.25) is 5.02 Å². The first-order valence-electron chi connectivity index (χ1n) is 8.16. The summed E-state index contributed by atoms with van der Waals surface area (Å²) in [5.74, 6) is 1.30. The lowest BCUT2D eigenvalue weighted by Gasteiger charge is -2.06. The Morgan fingerprint density at radius 3 is 2.88 bits per heavy atom. The molecule has 0 spiro atoms. The van der Waals surface area contributed by atoms with E-state index in [1.807, 2.05) is 12.1 Å². The molecule has 0 aliphatic rings. The molecular weight excluding hydrogens is 340 g/mol. The lowest BCUT2D eigenvalue weighted by molar-refractivity contribution is 0.0954. The summed E-state index contributed by atoms with van der Waals surface area (Å²) in [7, 11) is 0. The average Bonchev–Trinajstić information content (AvgIpc) is 3.02. The maximum Gasteiger partial charge on any atom is 0.251 e. The van der Waals surface area contributed by atoms with Crippen molar-refractivity contribution in [1.82, 2.24) is 25.1 Å². The number of hydrogen-bond acceptors (Lipinski definition) is 5. The third-order valence-electron chi connectivity index (χ3n) is 3.60. The molecule has 1 aromatic carbocycles. The normalized spacial score (nSPS) is 10.8. The van der Waals surface area contributed by atoms with Crippen LogP contribution in [0.15, 0.2) is 36.4 Å². The number of amides is 1. The largest absolute Gasteiger partial charge is 0.369 e. The summed E-state index contributed by atoms with van der Waals surface area (Å²) in [4.78, 5) is 12.1. The van der Waals surface area contributed by atoms with E-state index in [4.69, 9.17) is 11.6 Å². The minimum Gasteiger partial charge on any atom is -0.369 e. The van der Waals surface area contributed by atoms with Gasteiger partial charge in [0.2, 0.25) is 0 Å². The van der Waals surface area contributed by atoms with Gasteiger partial charge in [0.15, 0.2) is 11.5 Å². The second-order valence-electron chi connectivity index (χ2n) is 5.55. The Morgan fingerprint density at radius 2 is 2.08 bits per heavy atom. The van der Waals surface area contributed by atoms with Crippen LogP contribution in [-0.4, -0.2) is 38.8 Å². The molecule has 130 valence electrons. The van der Waals surface area contributed by atoms with Crippen LogP contribution >= 0.6 is 11.6 Å². The molecule has 0 aliphatic heterocycles. The zero-order valence-electron chi connectivity index (χ0n) is 13.9. The molecule has 25 heavy (non-hydrogen) atoms. The molecule has 0 bridgehead atoms. The standard InChI is InChI=1S/C17H19ClN6O/c1-2-9-19-14-6-7-15-21-22-16(24(15)23-14)8-10-20-17(25)12-4-3-5-13(18)11-12/h3-7,11H,2,8-10H2,1H3,(H,19,23)(H,20,25). The van der Waals surface area contributed by atoms with Crippen molar-refractivity contribution in [1.29, 1.82) is 0 Å². The molecule has 0 unspecified atom stereocenters. The van der Waals surface area contributed by atoms with Gasteiger partial charge in [0.05, 0.1) is 0 Å².